The molecule has 0 spiro atoms. The van der Waals surface area contributed by atoms with Gasteiger partial charge in [-0.2, -0.15) is 18.3 Å². The van der Waals surface area contributed by atoms with Crippen molar-refractivity contribution in [2.75, 3.05) is 32.8 Å². The SMILES string of the molecule is Cc1ccc(-n2ncc(C(=O)NCC3(N4CCOCC4)CCCCC3)c2C(F)(F)F)cc1. The van der Waals surface area contributed by atoms with Crippen LogP contribution in [-0.2, 0) is 10.9 Å². The van der Waals surface area contributed by atoms with Crippen LogP contribution in [0.2, 0.25) is 0 Å². The van der Waals surface area contributed by atoms with E-state index >= 15 is 0 Å². The molecule has 0 unspecified atom stereocenters. The van der Waals surface area contributed by atoms with Gasteiger partial charge < -0.3 is 10.1 Å². The number of aromatic nitrogens is 2. The number of hydrogen-bond acceptors (Lipinski definition) is 4. The average Bonchev–Trinajstić information content (AvgIpc) is 3.25. The van der Waals surface area contributed by atoms with E-state index in [1.165, 1.54) is 0 Å². The Morgan fingerprint density at radius 2 is 1.78 bits per heavy atom. The Hall–Kier alpha value is -2.39. The summed E-state index contributed by atoms with van der Waals surface area (Å²) in [7, 11) is 0. The minimum Gasteiger partial charge on any atom is -0.379 e. The van der Waals surface area contributed by atoms with E-state index < -0.39 is 23.3 Å². The maximum Gasteiger partial charge on any atom is 0.434 e. The molecule has 2 aromatic rings. The standard InChI is InChI=1S/C23H29F3N4O2/c1-17-5-7-18(8-6-17)30-20(23(24,25)26)19(15-28-30)21(31)27-16-22(9-3-2-4-10-22)29-11-13-32-14-12-29/h5-8,15H,2-4,9-14,16H2,1H3,(H,27,31). The fourth-order valence-corrected chi connectivity index (χ4v) is 4.86. The van der Waals surface area contributed by atoms with E-state index in [4.69, 9.17) is 4.74 Å². The highest BCUT2D eigenvalue weighted by atomic mass is 19.4. The maximum atomic E-state index is 14.0. The Labute approximate surface area is 185 Å². The van der Waals surface area contributed by atoms with E-state index in [0.29, 0.717) is 19.8 Å². The van der Waals surface area contributed by atoms with Crippen LogP contribution in [-0.4, -0.2) is 59.0 Å². The lowest BCUT2D eigenvalue weighted by atomic mass is 9.79. The van der Waals surface area contributed by atoms with Crippen molar-refractivity contribution in [3.05, 3.63) is 47.3 Å². The zero-order chi connectivity index (χ0) is 22.8. The number of benzene rings is 1. The van der Waals surface area contributed by atoms with Gasteiger partial charge >= 0.3 is 6.18 Å². The van der Waals surface area contributed by atoms with Crippen LogP contribution >= 0.6 is 0 Å². The van der Waals surface area contributed by atoms with Gasteiger partial charge in [-0.05, 0) is 31.9 Å². The summed E-state index contributed by atoms with van der Waals surface area (Å²) in [5.41, 5.74) is -0.551. The molecule has 1 amide bonds. The molecular formula is C23H29F3N4O2. The van der Waals surface area contributed by atoms with Crippen molar-refractivity contribution in [3.8, 4) is 5.69 Å². The number of nitrogens with one attached hydrogen (secondary N) is 1. The number of aryl methyl sites for hydroxylation is 1. The average molecular weight is 451 g/mol. The summed E-state index contributed by atoms with van der Waals surface area (Å²) in [5.74, 6) is -0.742. The molecule has 1 aliphatic heterocycles. The summed E-state index contributed by atoms with van der Waals surface area (Å²) in [5, 5.41) is 6.73. The first kappa shape index (κ1) is 22.8. The number of rotatable bonds is 5. The number of morpholine rings is 1. The monoisotopic (exact) mass is 450 g/mol. The van der Waals surface area contributed by atoms with Crippen molar-refractivity contribution in [1.29, 1.82) is 0 Å². The Morgan fingerprint density at radius 3 is 2.41 bits per heavy atom. The second kappa shape index (κ2) is 9.23. The highest BCUT2D eigenvalue weighted by molar-refractivity contribution is 5.95. The van der Waals surface area contributed by atoms with Crippen molar-refractivity contribution < 1.29 is 22.7 Å². The normalized spacial score (nSPS) is 19.6. The molecule has 9 heteroatoms. The fraction of sp³-hybridized carbons (Fsp3) is 0.565. The molecule has 1 aromatic carbocycles. The molecular weight excluding hydrogens is 421 g/mol. The van der Waals surface area contributed by atoms with Crippen LogP contribution in [0, 0.1) is 6.92 Å². The van der Waals surface area contributed by atoms with Crippen LogP contribution in [0.3, 0.4) is 0 Å². The van der Waals surface area contributed by atoms with E-state index in [0.717, 1.165) is 61.6 Å². The number of hydrogen-bond donors (Lipinski definition) is 1. The van der Waals surface area contributed by atoms with Gasteiger partial charge in [0.25, 0.3) is 5.91 Å². The Bertz CT molecular complexity index is 928. The summed E-state index contributed by atoms with van der Waals surface area (Å²) < 4.78 is 48.2. The molecule has 2 aliphatic rings. The molecule has 0 bridgehead atoms. The minimum atomic E-state index is -4.72. The van der Waals surface area contributed by atoms with E-state index in [9.17, 15) is 18.0 Å². The van der Waals surface area contributed by atoms with Crippen LogP contribution in [0.4, 0.5) is 13.2 Å². The zero-order valence-electron chi connectivity index (χ0n) is 18.2. The number of alkyl halides is 3. The molecule has 1 aliphatic carbocycles. The van der Waals surface area contributed by atoms with Gasteiger partial charge in [-0.15, -0.1) is 0 Å². The number of carbonyl (C=O) groups is 1. The summed E-state index contributed by atoms with van der Waals surface area (Å²) >= 11 is 0. The van der Waals surface area contributed by atoms with E-state index in [-0.39, 0.29) is 11.2 Å². The van der Waals surface area contributed by atoms with Gasteiger partial charge in [0.1, 0.15) is 0 Å². The first-order valence-corrected chi connectivity index (χ1v) is 11.1. The van der Waals surface area contributed by atoms with Crippen LogP contribution in [0.25, 0.3) is 5.69 Å². The quantitative estimate of drug-likeness (QED) is 0.749. The molecule has 32 heavy (non-hydrogen) atoms. The first-order valence-electron chi connectivity index (χ1n) is 11.1. The maximum absolute atomic E-state index is 14.0. The van der Waals surface area contributed by atoms with Crippen LogP contribution in [0.1, 0.15) is 53.7 Å². The van der Waals surface area contributed by atoms with Crippen molar-refractivity contribution in [2.24, 2.45) is 0 Å². The van der Waals surface area contributed by atoms with Gasteiger partial charge in [0, 0.05) is 25.2 Å². The molecule has 174 valence electrons. The molecule has 4 rings (SSSR count). The number of carbonyl (C=O) groups excluding carboxylic acids is 1. The van der Waals surface area contributed by atoms with Crippen LogP contribution < -0.4 is 5.32 Å². The largest absolute Gasteiger partial charge is 0.434 e. The Balaban J connectivity index is 1.58. The van der Waals surface area contributed by atoms with E-state index in [1.807, 2.05) is 6.92 Å². The van der Waals surface area contributed by atoms with E-state index in [1.54, 1.807) is 24.3 Å². The van der Waals surface area contributed by atoms with Gasteiger partial charge in [-0.1, -0.05) is 37.0 Å². The van der Waals surface area contributed by atoms with Gasteiger partial charge in [0.2, 0.25) is 0 Å². The van der Waals surface area contributed by atoms with Gasteiger partial charge in [-0.3, -0.25) is 9.69 Å². The molecule has 2 heterocycles. The van der Waals surface area contributed by atoms with Gasteiger partial charge in [0.05, 0.1) is 30.7 Å². The third-order valence-corrected chi connectivity index (χ3v) is 6.61. The highest BCUT2D eigenvalue weighted by Crippen LogP contribution is 2.35. The topological polar surface area (TPSA) is 59.4 Å². The third kappa shape index (κ3) is 4.68. The predicted molar refractivity (Wildman–Crippen MR) is 114 cm³/mol. The van der Waals surface area contributed by atoms with Crippen molar-refractivity contribution in [2.45, 2.75) is 50.7 Å². The van der Waals surface area contributed by atoms with Crippen molar-refractivity contribution in [1.82, 2.24) is 20.0 Å². The lowest BCUT2D eigenvalue weighted by Gasteiger charge is -2.48. The van der Waals surface area contributed by atoms with Crippen molar-refractivity contribution >= 4 is 5.91 Å². The van der Waals surface area contributed by atoms with E-state index in [2.05, 4.69) is 15.3 Å². The zero-order valence-corrected chi connectivity index (χ0v) is 18.2. The summed E-state index contributed by atoms with van der Waals surface area (Å²) in [6, 6.07) is 6.56. The number of ether oxygens (including phenoxy) is 1. The first-order chi connectivity index (χ1) is 15.3. The molecule has 0 radical (unpaired) electrons. The van der Waals surface area contributed by atoms with Crippen molar-refractivity contribution in [3.63, 3.8) is 0 Å². The molecule has 1 saturated carbocycles. The lowest BCUT2D eigenvalue weighted by molar-refractivity contribution is -0.143. The summed E-state index contributed by atoms with van der Waals surface area (Å²) in [4.78, 5) is 15.3. The summed E-state index contributed by atoms with van der Waals surface area (Å²) in [6.07, 6.45) is 1.37. The summed E-state index contributed by atoms with van der Waals surface area (Å²) in [6.45, 7) is 4.99. The second-order valence-corrected chi connectivity index (χ2v) is 8.72. The third-order valence-electron chi connectivity index (χ3n) is 6.61. The second-order valence-electron chi connectivity index (χ2n) is 8.72. The molecule has 2 fully saturated rings. The van der Waals surface area contributed by atoms with Gasteiger partial charge in [0.15, 0.2) is 5.69 Å². The lowest BCUT2D eigenvalue weighted by Crippen LogP contribution is -2.59. The van der Waals surface area contributed by atoms with Gasteiger partial charge in [-0.25, -0.2) is 4.68 Å². The minimum absolute atomic E-state index is 0.233. The Morgan fingerprint density at radius 1 is 1.12 bits per heavy atom. The smallest absolute Gasteiger partial charge is 0.379 e. The number of halogens is 3. The molecule has 1 saturated heterocycles. The molecule has 0 atom stereocenters. The number of nitrogens with zero attached hydrogens (tertiary/aromatic N) is 3. The Kier molecular flexibility index (Phi) is 6.57. The fourth-order valence-electron chi connectivity index (χ4n) is 4.86. The molecule has 1 N–H and O–H groups in total. The highest BCUT2D eigenvalue weighted by Gasteiger charge is 2.42. The molecule has 6 nitrogen and oxygen atoms in total. The molecule has 1 aromatic heterocycles. The van der Waals surface area contributed by atoms with Crippen LogP contribution in [0.15, 0.2) is 30.5 Å². The predicted octanol–water partition coefficient (Wildman–Crippen LogP) is 3.96. The number of amides is 1. The van der Waals surface area contributed by atoms with Crippen LogP contribution in [0.5, 0.6) is 0 Å².